The summed E-state index contributed by atoms with van der Waals surface area (Å²) in [7, 11) is 0. The molecule has 0 spiro atoms. The van der Waals surface area contributed by atoms with Crippen molar-refractivity contribution in [2.45, 2.75) is 501 Å². The lowest BCUT2D eigenvalue weighted by Gasteiger charge is -2.38. The van der Waals surface area contributed by atoms with E-state index in [2.05, 4.69) is 55.4 Å². The Kier molecular flexibility index (Phi) is 56.2. The zero-order chi connectivity index (χ0) is 93.4. The number of fused-ring (bicyclic) bond motifs is 8. The molecular weight excluding hydrogens is 1610 g/mol. The van der Waals surface area contributed by atoms with E-state index in [1.807, 2.05) is 46.0 Å². The largest absolute Gasteiger partial charge is 0.331 e. The summed E-state index contributed by atoms with van der Waals surface area (Å²) in [6.07, 6.45) is 66.1. The predicted molar refractivity (Wildman–Crippen MR) is 544 cm³/mol. The van der Waals surface area contributed by atoms with Crippen molar-refractivity contribution in [3.63, 3.8) is 0 Å². The standard InChI is InChI=1S/C109H200N12O8/c1-13-21-25-29-33-37-41-61-81-118(17-5)85-65-45-53-73-110-94-96(9)102(122)114(106(110)126)77-57-49-69-89-120(19-7,83-63-43-39-35-31-27-23-15-3)87-67-47-55-75-112-98(11)100(104(124)116(108(112)128)79-59-51-71-91-118)93-101-99(12)113-76-56-48-68-88-121(20-8,84-64-44-40-36-32-28-24-16-4)90-70-50-58-78-115-103(123)97(10)95-111(107(115)127)74-54-46-66-86-119(18-6,82-62-42-38-34-30-26-22-14-2)92-72-52-60-80-117(105(101)125)109(113)129/h94-95H,13-93H2,1-12H3/q+4. The second-order valence-corrected chi connectivity index (χ2v) is 41.3. The van der Waals surface area contributed by atoms with Crippen LogP contribution in [0.5, 0.6) is 0 Å². The second-order valence-electron chi connectivity index (χ2n) is 41.3. The van der Waals surface area contributed by atoms with E-state index in [9.17, 15) is 19.2 Å². The number of hydrogen-bond acceptors (Lipinski definition) is 8. The molecule has 740 valence electrons. The number of aryl methyl sites for hydroxylation is 4. The first-order valence-corrected chi connectivity index (χ1v) is 55.3. The molecular formula is C109H200N12O8+4. The van der Waals surface area contributed by atoms with Crippen molar-refractivity contribution < 1.29 is 17.9 Å². The number of aromatic nitrogens is 8. The summed E-state index contributed by atoms with van der Waals surface area (Å²) >= 11 is 0. The molecule has 20 heteroatoms. The van der Waals surface area contributed by atoms with Gasteiger partial charge in [0.05, 0.1) is 105 Å². The van der Waals surface area contributed by atoms with Crippen molar-refractivity contribution in [1.29, 1.82) is 0 Å². The Morgan fingerprint density at radius 1 is 0.217 bits per heavy atom. The van der Waals surface area contributed by atoms with Crippen LogP contribution in [0.25, 0.3) is 0 Å². The van der Waals surface area contributed by atoms with E-state index in [4.69, 9.17) is 0 Å². The number of unbranched alkanes of at least 4 members (excludes halogenated alkanes) is 28. The van der Waals surface area contributed by atoms with Crippen LogP contribution in [-0.2, 0) is 58.8 Å². The number of hydrogen-bond donors (Lipinski definition) is 0. The number of rotatable bonds is 42. The summed E-state index contributed by atoms with van der Waals surface area (Å²) in [5.74, 6) is 0. The Morgan fingerprint density at radius 3 is 0.628 bits per heavy atom. The van der Waals surface area contributed by atoms with Gasteiger partial charge in [0.25, 0.3) is 22.2 Å². The summed E-state index contributed by atoms with van der Waals surface area (Å²) in [6, 6.07) is 0. The highest BCUT2D eigenvalue weighted by Gasteiger charge is 2.31. The van der Waals surface area contributed by atoms with Crippen LogP contribution in [0.15, 0.2) is 50.7 Å². The van der Waals surface area contributed by atoms with Gasteiger partial charge in [-0.05, 0) is 261 Å². The van der Waals surface area contributed by atoms with Crippen LogP contribution < -0.4 is 45.0 Å². The van der Waals surface area contributed by atoms with Gasteiger partial charge in [0.2, 0.25) is 0 Å². The smallest absolute Gasteiger partial charge is 0.324 e. The summed E-state index contributed by atoms with van der Waals surface area (Å²) < 4.78 is 17.7. The monoisotopic (exact) mass is 1810 g/mol. The maximum absolute atomic E-state index is 15.9. The highest BCUT2D eigenvalue weighted by molar-refractivity contribution is 5.29. The summed E-state index contributed by atoms with van der Waals surface area (Å²) in [6.45, 7) is 46.8. The maximum atomic E-state index is 15.9. The Labute approximate surface area is 785 Å². The molecule has 6 rings (SSSR count). The molecule has 0 saturated carbocycles. The molecule has 4 unspecified atom stereocenters. The Hall–Kier alpha value is -5.44. The fourth-order valence-corrected chi connectivity index (χ4v) is 22.3. The van der Waals surface area contributed by atoms with Crippen LogP contribution in [-0.4, -0.2) is 159 Å². The van der Waals surface area contributed by atoms with Gasteiger partial charge in [0.1, 0.15) is 0 Å². The molecule has 0 amide bonds. The molecule has 6 heterocycles. The first-order chi connectivity index (χ1) is 62.6. The average Bonchev–Trinajstić information content (AvgIpc) is 0.759. The van der Waals surface area contributed by atoms with Crippen LogP contribution in [0.3, 0.4) is 0 Å². The molecule has 4 atom stereocenters. The minimum atomic E-state index is -0.306. The van der Waals surface area contributed by atoms with Crippen molar-refractivity contribution >= 4 is 0 Å². The van der Waals surface area contributed by atoms with E-state index < -0.39 is 0 Å². The molecule has 0 radical (unpaired) electrons. The van der Waals surface area contributed by atoms with Crippen molar-refractivity contribution in [2.75, 3.05) is 105 Å². The predicted octanol–water partition coefficient (Wildman–Crippen LogP) is 22.5. The SMILES string of the molecule is CCCCCCCCCC[N+]1(CC)CCCCCn2c(C)c(Cc3c(C)n4c(=O)n(c3=O)CCCCC[N+](CC)(CCCCCCCCCC)CCCCCn3cc(C)c(=O)n(c3=O)CCCCC[N+](CC)(CCCCCCCCCC)CCCCC4)c(=O)n(c2=O)CCCCC[N+](CC)(CCCCCCCCCC)CCCCCn2cc(C)c(=O)n(c2=O)CCCCC1. The molecule has 0 aromatic carbocycles. The summed E-state index contributed by atoms with van der Waals surface area (Å²) in [5.41, 5.74) is 1.73. The molecule has 4 aromatic heterocycles. The van der Waals surface area contributed by atoms with E-state index in [1.165, 1.54) is 215 Å². The molecule has 20 nitrogen and oxygen atoms in total. The van der Waals surface area contributed by atoms with Gasteiger partial charge in [0, 0.05) is 105 Å². The minimum absolute atomic E-state index is 0.0445. The van der Waals surface area contributed by atoms with Crippen molar-refractivity contribution in [1.82, 2.24) is 36.5 Å². The second kappa shape index (κ2) is 64.5. The zero-order valence-corrected chi connectivity index (χ0v) is 86.1. The third-order valence-corrected chi connectivity index (χ3v) is 31.6. The Bertz CT molecular complexity index is 3970. The van der Waals surface area contributed by atoms with E-state index >= 15 is 19.2 Å². The van der Waals surface area contributed by atoms with Gasteiger partial charge < -0.3 is 27.1 Å². The van der Waals surface area contributed by atoms with Gasteiger partial charge in [-0.25, -0.2) is 19.2 Å². The molecule has 0 N–H and O–H groups in total. The lowest BCUT2D eigenvalue weighted by molar-refractivity contribution is -0.927. The van der Waals surface area contributed by atoms with Gasteiger partial charge in [-0.2, -0.15) is 0 Å². The van der Waals surface area contributed by atoms with Crippen LogP contribution in [0.1, 0.15) is 449 Å². The highest BCUT2D eigenvalue weighted by Crippen LogP contribution is 2.26. The van der Waals surface area contributed by atoms with E-state index in [0.29, 0.717) is 98.8 Å². The van der Waals surface area contributed by atoms with Gasteiger partial charge in [-0.3, -0.25) is 46.6 Å². The molecule has 2 aliphatic heterocycles. The quantitative estimate of drug-likeness (QED) is 0.0311. The molecule has 2 aliphatic rings. The van der Waals surface area contributed by atoms with Gasteiger partial charge in [-0.1, -0.05) is 182 Å². The van der Waals surface area contributed by atoms with Gasteiger partial charge in [0.15, 0.2) is 0 Å². The normalized spacial score (nSPS) is 20.8. The van der Waals surface area contributed by atoms with Crippen LogP contribution in [0.4, 0.5) is 0 Å². The van der Waals surface area contributed by atoms with E-state index in [0.717, 1.165) is 264 Å². The zero-order valence-electron chi connectivity index (χ0n) is 86.1. The topological polar surface area (TPSA) is 176 Å². The van der Waals surface area contributed by atoms with Crippen LogP contribution in [0.2, 0.25) is 0 Å². The van der Waals surface area contributed by atoms with E-state index in [-0.39, 0.29) is 51.4 Å². The van der Waals surface area contributed by atoms with Crippen LogP contribution in [0, 0.1) is 27.7 Å². The number of quaternary nitrogens is 4. The third kappa shape index (κ3) is 38.7. The van der Waals surface area contributed by atoms with Crippen molar-refractivity contribution in [3.8, 4) is 0 Å². The summed E-state index contributed by atoms with van der Waals surface area (Å²) in [4.78, 5) is 119. The number of nitrogens with zero attached hydrogens (tertiary/aromatic N) is 12. The molecule has 129 heavy (non-hydrogen) atoms. The minimum Gasteiger partial charge on any atom is -0.324 e. The Morgan fingerprint density at radius 2 is 0.411 bits per heavy atom. The maximum Gasteiger partial charge on any atom is 0.331 e. The molecule has 8 bridgehead atoms. The Balaban J connectivity index is 1.39. The first kappa shape index (κ1) is 112. The molecule has 0 fully saturated rings. The third-order valence-electron chi connectivity index (χ3n) is 31.6. The molecule has 0 aliphatic carbocycles. The molecule has 4 aromatic rings. The van der Waals surface area contributed by atoms with Crippen molar-refractivity contribution in [3.05, 3.63) is 129 Å². The fourth-order valence-electron chi connectivity index (χ4n) is 22.3. The van der Waals surface area contributed by atoms with E-state index in [1.54, 1.807) is 21.5 Å². The lowest BCUT2D eigenvalue weighted by atomic mass is 10.0. The highest BCUT2D eigenvalue weighted by atomic mass is 16.2. The summed E-state index contributed by atoms with van der Waals surface area (Å²) in [5, 5.41) is 0. The lowest BCUT2D eigenvalue weighted by Crippen LogP contribution is -2.50. The van der Waals surface area contributed by atoms with Gasteiger partial charge in [-0.15, -0.1) is 0 Å². The fraction of sp³-hybridized carbons (Fsp3) is 0.853. The van der Waals surface area contributed by atoms with Gasteiger partial charge >= 0.3 is 22.8 Å². The van der Waals surface area contributed by atoms with Crippen LogP contribution >= 0.6 is 0 Å². The molecule has 0 saturated heterocycles. The average molecular weight is 1810 g/mol. The van der Waals surface area contributed by atoms with Crippen molar-refractivity contribution in [2.24, 2.45) is 0 Å². The first-order valence-electron chi connectivity index (χ1n) is 55.3.